The first-order chi connectivity index (χ1) is 17.5. The number of nitrogens with one attached hydrogen (secondary N) is 3. The molecule has 188 valence electrons. The summed E-state index contributed by atoms with van der Waals surface area (Å²) >= 11 is 0.936. The molecule has 0 aromatic heterocycles. The zero-order valence-corrected chi connectivity index (χ0v) is 20.5. The van der Waals surface area contributed by atoms with Crippen molar-refractivity contribution in [1.29, 1.82) is 0 Å². The highest BCUT2D eigenvalue weighted by molar-refractivity contribution is 8.15. The Morgan fingerprint density at radius 3 is 2.39 bits per heavy atom. The second kappa shape index (κ2) is 13.0. The molecule has 0 radical (unpaired) electrons. The molecule has 8 nitrogen and oxygen atoms in total. The summed E-state index contributed by atoms with van der Waals surface area (Å²) in [6.07, 6.45) is 0.134. The van der Waals surface area contributed by atoms with Crippen LogP contribution in [0.5, 0.6) is 11.5 Å². The van der Waals surface area contributed by atoms with E-state index in [-0.39, 0.29) is 17.8 Å². The molecule has 36 heavy (non-hydrogen) atoms. The van der Waals surface area contributed by atoms with E-state index in [1.165, 1.54) is 0 Å². The summed E-state index contributed by atoms with van der Waals surface area (Å²) < 4.78 is 11.5. The number of hydrogen-bond acceptors (Lipinski definition) is 8. The molecular formula is C27H29N3O5S. The van der Waals surface area contributed by atoms with Crippen molar-refractivity contribution in [3.63, 3.8) is 0 Å². The van der Waals surface area contributed by atoms with Crippen LogP contribution in [0.2, 0.25) is 0 Å². The van der Waals surface area contributed by atoms with Crippen LogP contribution < -0.4 is 25.4 Å². The number of rotatable bonds is 13. The van der Waals surface area contributed by atoms with Crippen molar-refractivity contribution >= 4 is 28.6 Å². The number of carbonyl (C=O) groups is 2. The molecule has 1 heterocycles. The Bertz CT molecular complexity index is 1140. The number of benzene rings is 3. The molecule has 2 atom stereocenters. The van der Waals surface area contributed by atoms with Gasteiger partial charge in [0.2, 0.25) is 0 Å². The predicted molar refractivity (Wildman–Crippen MR) is 140 cm³/mol. The molecule has 0 bridgehead atoms. The minimum absolute atomic E-state index is 0.171. The van der Waals surface area contributed by atoms with Crippen LogP contribution in [-0.2, 0) is 17.8 Å². The lowest BCUT2D eigenvalue weighted by molar-refractivity contribution is -0.118. The summed E-state index contributed by atoms with van der Waals surface area (Å²) in [5.74, 6) is 1.03. The van der Waals surface area contributed by atoms with Crippen LogP contribution in [0.1, 0.15) is 11.1 Å². The van der Waals surface area contributed by atoms with Gasteiger partial charge in [0.05, 0.1) is 0 Å². The highest BCUT2D eigenvalue weighted by Crippen LogP contribution is 2.22. The number of imide groups is 1. The highest BCUT2D eigenvalue weighted by atomic mass is 32.2. The minimum atomic E-state index is -0.650. The van der Waals surface area contributed by atoms with Gasteiger partial charge in [0, 0.05) is 18.3 Å². The van der Waals surface area contributed by atoms with Crippen molar-refractivity contribution in [2.75, 3.05) is 25.0 Å². The lowest BCUT2D eigenvalue weighted by Crippen LogP contribution is -2.32. The smallest absolute Gasteiger partial charge is 0.288 e. The number of anilines is 1. The lowest BCUT2D eigenvalue weighted by atomic mass is 10.1. The van der Waals surface area contributed by atoms with Gasteiger partial charge >= 0.3 is 0 Å². The monoisotopic (exact) mass is 507 g/mol. The van der Waals surface area contributed by atoms with Gasteiger partial charge in [0.1, 0.15) is 30.8 Å². The predicted octanol–water partition coefficient (Wildman–Crippen LogP) is 3.56. The first-order valence-corrected chi connectivity index (χ1v) is 12.6. The summed E-state index contributed by atoms with van der Waals surface area (Å²) in [5, 5.41) is 17.8. The van der Waals surface area contributed by atoms with Crippen molar-refractivity contribution in [3.8, 4) is 11.5 Å². The number of carbonyl (C=O) groups excluding carboxylic acids is 2. The van der Waals surface area contributed by atoms with E-state index in [1.807, 2.05) is 78.9 Å². The SMILES string of the molecule is O=C1NC(=O)C(Nc2ccc(CCNC[C@H](O)COc3cccc(OCc4ccccc4)c3)cc2)S1. The molecule has 0 aliphatic carbocycles. The molecule has 1 unspecified atom stereocenters. The minimum Gasteiger partial charge on any atom is -0.491 e. The molecule has 4 N–H and O–H groups in total. The van der Waals surface area contributed by atoms with E-state index in [4.69, 9.17) is 9.47 Å². The highest BCUT2D eigenvalue weighted by Gasteiger charge is 2.31. The van der Waals surface area contributed by atoms with Crippen LogP contribution in [0, 0.1) is 0 Å². The maximum atomic E-state index is 11.6. The Balaban J connectivity index is 1.11. The number of hydrogen-bond donors (Lipinski definition) is 4. The molecule has 2 amide bonds. The van der Waals surface area contributed by atoms with Crippen LogP contribution in [-0.4, -0.2) is 47.4 Å². The van der Waals surface area contributed by atoms with Crippen molar-refractivity contribution in [2.45, 2.75) is 24.5 Å². The van der Waals surface area contributed by atoms with E-state index < -0.39 is 11.5 Å². The van der Waals surface area contributed by atoms with Gasteiger partial charge in [-0.3, -0.25) is 14.9 Å². The van der Waals surface area contributed by atoms with Crippen LogP contribution in [0.15, 0.2) is 78.9 Å². The summed E-state index contributed by atoms with van der Waals surface area (Å²) in [6.45, 7) is 1.76. The van der Waals surface area contributed by atoms with E-state index in [2.05, 4.69) is 16.0 Å². The Morgan fingerprint density at radius 1 is 0.917 bits per heavy atom. The topological polar surface area (TPSA) is 109 Å². The molecule has 1 aliphatic heterocycles. The average molecular weight is 508 g/mol. The molecule has 1 fully saturated rings. The van der Waals surface area contributed by atoms with Crippen molar-refractivity contribution in [2.24, 2.45) is 0 Å². The van der Waals surface area contributed by atoms with Crippen molar-refractivity contribution in [1.82, 2.24) is 10.6 Å². The van der Waals surface area contributed by atoms with Crippen LogP contribution in [0.4, 0.5) is 10.5 Å². The second-order valence-electron chi connectivity index (χ2n) is 8.28. The molecule has 1 aliphatic rings. The Hall–Kier alpha value is -3.53. The largest absolute Gasteiger partial charge is 0.491 e. The Morgan fingerprint density at radius 2 is 1.67 bits per heavy atom. The first-order valence-electron chi connectivity index (χ1n) is 11.7. The third kappa shape index (κ3) is 8.01. The van der Waals surface area contributed by atoms with Gasteiger partial charge in [-0.1, -0.05) is 48.5 Å². The second-order valence-corrected chi connectivity index (χ2v) is 9.36. The van der Waals surface area contributed by atoms with Crippen LogP contribution in [0.25, 0.3) is 0 Å². The fourth-order valence-corrected chi connectivity index (χ4v) is 4.25. The van der Waals surface area contributed by atoms with Crippen molar-refractivity contribution < 1.29 is 24.2 Å². The summed E-state index contributed by atoms with van der Waals surface area (Å²) in [5.41, 5.74) is 2.98. The maximum Gasteiger partial charge on any atom is 0.288 e. The average Bonchev–Trinajstić information content (AvgIpc) is 3.22. The van der Waals surface area contributed by atoms with Crippen LogP contribution >= 0.6 is 11.8 Å². The maximum absolute atomic E-state index is 11.6. The fourth-order valence-electron chi connectivity index (χ4n) is 3.52. The number of thioether (sulfide) groups is 1. The van der Waals surface area contributed by atoms with Crippen molar-refractivity contribution in [3.05, 3.63) is 90.0 Å². The zero-order chi connectivity index (χ0) is 25.2. The number of amides is 2. The molecule has 0 spiro atoms. The lowest BCUT2D eigenvalue weighted by Gasteiger charge is -2.14. The van der Waals surface area contributed by atoms with Gasteiger partial charge in [0.25, 0.3) is 11.1 Å². The zero-order valence-electron chi connectivity index (χ0n) is 19.7. The first kappa shape index (κ1) is 25.6. The quantitative estimate of drug-likeness (QED) is 0.260. The number of ether oxygens (including phenoxy) is 2. The third-order valence-electron chi connectivity index (χ3n) is 5.41. The number of aliphatic hydroxyl groups is 1. The molecule has 3 aromatic rings. The van der Waals surface area contributed by atoms with E-state index in [0.29, 0.717) is 31.2 Å². The Labute approximate surface area is 214 Å². The normalized spacial score (nSPS) is 15.9. The molecule has 4 rings (SSSR count). The van der Waals surface area contributed by atoms with E-state index in [1.54, 1.807) is 0 Å². The van der Waals surface area contributed by atoms with E-state index >= 15 is 0 Å². The van der Waals surface area contributed by atoms with Gasteiger partial charge in [-0.25, -0.2) is 0 Å². The fraction of sp³-hybridized carbons (Fsp3) is 0.259. The van der Waals surface area contributed by atoms with Gasteiger partial charge < -0.3 is 25.2 Å². The summed E-state index contributed by atoms with van der Waals surface area (Å²) in [6, 6.07) is 25.0. The van der Waals surface area contributed by atoms with Gasteiger partial charge in [-0.05, 0) is 60.1 Å². The summed E-state index contributed by atoms with van der Waals surface area (Å²) in [4.78, 5) is 22.9. The van der Waals surface area contributed by atoms with Gasteiger partial charge in [-0.15, -0.1) is 0 Å². The molecule has 3 aromatic carbocycles. The van der Waals surface area contributed by atoms with E-state index in [0.717, 1.165) is 35.0 Å². The standard InChI is InChI=1S/C27H29N3O5S/c31-22(18-35-24-8-4-7-23(15-24)34-17-20-5-2-1-3-6-20)16-28-14-13-19-9-11-21(12-10-19)29-26-25(32)30-27(33)36-26/h1-12,15,22,26,28-29,31H,13-14,16-18H2,(H,30,32,33)/t22-,26?/m0/s1. The van der Waals surface area contributed by atoms with Crippen LogP contribution in [0.3, 0.4) is 0 Å². The Kier molecular flexibility index (Phi) is 9.21. The number of aliphatic hydroxyl groups excluding tert-OH is 1. The van der Waals surface area contributed by atoms with Gasteiger partial charge in [0.15, 0.2) is 5.37 Å². The van der Waals surface area contributed by atoms with E-state index in [9.17, 15) is 14.7 Å². The molecule has 9 heteroatoms. The van der Waals surface area contributed by atoms with Gasteiger partial charge in [-0.2, -0.15) is 0 Å². The summed E-state index contributed by atoms with van der Waals surface area (Å²) in [7, 11) is 0. The molecular weight excluding hydrogens is 478 g/mol. The third-order valence-corrected chi connectivity index (χ3v) is 6.29. The molecule has 1 saturated heterocycles. The molecule has 0 saturated carbocycles.